The van der Waals surface area contributed by atoms with Gasteiger partial charge in [0, 0.05) is 11.5 Å². The molecule has 0 fully saturated rings. The summed E-state index contributed by atoms with van der Waals surface area (Å²) in [7, 11) is 2.82. The number of pyridine rings is 1. The molecule has 0 bridgehead atoms. The topological polar surface area (TPSA) is 77.5 Å². The lowest BCUT2D eigenvalue weighted by Gasteiger charge is -2.15. The first-order valence-electron chi connectivity index (χ1n) is 6.93. The van der Waals surface area contributed by atoms with E-state index in [4.69, 9.17) is 4.74 Å². The van der Waals surface area contributed by atoms with Gasteiger partial charge in [-0.2, -0.15) is 0 Å². The molecule has 1 N–H and O–H groups in total. The number of nitrogens with zero attached hydrogens (tertiary/aromatic N) is 1. The van der Waals surface area contributed by atoms with Gasteiger partial charge in [0.25, 0.3) is 5.91 Å². The fraction of sp³-hybridized carbons (Fsp3) is 0.312. The van der Waals surface area contributed by atoms with Crippen molar-refractivity contribution in [3.63, 3.8) is 0 Å². The van der Waals surface area contributed by atoms with Gasteiger partial charge in [0.05, 0.1) is 19.7 Å². The SMILES string of the molecule is CCC(NC(=O)c1cc(OC)c2ccccc2n1)C(=O)OC. The van der Waals surface area contributed by atoms with Crippen LogP contribution in [0.2, 0.25) is 0 Å². The molecule has 0 aliphatic heterocycles. The third kappa shape index (κ3) is 3.16. The number of hydrogen-bond donors (Lipinski definition) is 1. The monoisotopic (exact) mass is 302 g/mol. The minimum absolute atomic E-state index is 0.193. The van der Waals surface area contributed by atoms with E-state index in [1.807, 2.05) is 18.2 Å². The number of para-hydroxylation sites is 1. The summed E-state index contributed by atoms with van der Waals surface area (Å²) in [6.45, 7) is 1.79. The molecule has 1 heterocycles. The lowest BCUT2D eigenvalue weighted by Crippen LogP contribution is -2.41. The van der Waals surface area contributed by atoms with Crippen LogP contribution in [0.5, 0.6) is 5.75 Å². The number of methoxy groups -OCH3 is 2. The number of carbonyl (C=O) groups is 2. The highest BCUT2D eigenvalue weighted by Crippen LogP contribution is 2.24. The zero-order valence-corrected chi connectivity index (χ0v) is 12.8. The number of hydrogen-bond acceptors (Lipinski definition) is 5. The van der Waals surface area contributed by atoms with Crippen LogP contribution in [0, 0.1) is 0 Å². The molecule has 2 rings (SSSR count). The Hall–Kier alpha value is -2.63. The Labute approximate surface area is 128 Å². The Kier molecular flexibility index (Phi) is 4.93. The Morgan fingerprint density at radius 3 is 2.64 bits per heavy atom. The van der Waals surface area contributed by atoms with Crippen molar-refractivity contribution in [3.8, 4) is 5.75 Å². The molecule has 6 nitrogen and oxygen atoms in total. The van der Waals surface area contributed by atoms with E-state index in [9.17, 15) is 9.59 Å². The zero-order chi connectivity index (χ0) is 16.1. The number of aromatic nitrogens is 1. The first-order chi connectivity index (χ1) is 10.6. The normalized spacial score (nSPS) is 11.8. The Bertz CT molecular complexity index is 700. The third-order valence-corrected chi connectivity index (χ3v) is 3.33. The van der Waals surface area contributed by atoms with Crippen molar-refractivity contribution in [2.24, 2.45) is 0 Å². The Morgan fingerprint density at radius 1 is 1.27 bits per heavy atom. The molecular formula is C16H18N2O4. The highest BCUT2D eigenvalue weighted by Gasteiger charge is 2.21. The predicted molar refractivity (Wildman–Crippen MR) is 81.9 cm³/mol. The number of fused-ring (bicyclic) bond motifs is 1. The molecule has 6 heteroatoms. The Balaban J connectivity index is 2.33. The number of ether oxygens (including phenoxy) is 2. The van der Waals surface area contributed by atoms with Crippen molar-refractivity contribution in [2.75, 3.05) is 14.2 Å². The van der Waals surface area contributed by atoms with E-state index in [-0.39, 0.29) is 5.69 Å². The van der Waals surface area contributed by atoms with Gasteiger partial charge in [-0.15, -0.1) is 0 Å². The quantitative estimate of drug-likeness (QED) is 0.854. The van der Waals surface area contributed by atoms with Gasteiger partial charge in [-0.25, -0.2) is 9.78 Å². The minimum atomic E-state index is -0.697. The average Bonchev–Trinajstić information content (AvgIpc) is 2.57. The van der Waals surface area contributed by atoms with E-state index < -0.39 is 17.9 Å². The van der Waals surface area contributed by atoms with E-state index in [0.29, 0.717) is 17.7 Å². The van der Waals surface area contributed by atoms with Crippen molar-refractivity contribution in [1.29, 1.82) is 0 Å². The van der Waals surface area contributed by atoms with E-state index in [1.54, 1.807) is 19.1 Å². The fourth-order valence-corrected chi connectivity index (χ4v) is 2.13. The number of rotatable bonds is 5. The summed E-state index contributed by atoms with van der Waals surface area (Å²) in [5.41, 5.74) is 0.844. The van der Waals surface area contributed by atoms with Crippen LogP contribution < -0.4 is 10.1 Å². The number of benzene rings is 1. The van der Waals surface area contributed by atoms with Gasteiger partial charge in [0.15, 0.2) is 0 Å². The molecule has 0 spiro atoms. The maximum atomic E-state index is 12.3. The molecule has 1 unspecified atom stereocenters. The molecule has 1 amide bonds. The second-order valence-corrected chi connectivity index (χ2v) is 4.68. The largest absolute Gasteiger partial charge is 0.496 e. The van der Waals surface area contributed by atoms with E-state index in [0.717, 1.165) is 5.39 Å². The van der Waals surface area contributed by atoms with Crippen LogP contribution in [0.25, 0.3) is 10.9 Å². The molecule has 0 aliphatic carbocycles. The van der Waals surface area contributed by atoms with Crippen LogP contribution in [0.4, 0.5) is 0 Å². The summed E-state index contributed by atoms with van der Waals surface area (Å²) in [6.07, 6.45) is 0.434. The summed E-state index contributed by atoms with van der Waals surface area (Å²) in [5, 5.41) is 3.44. The molecule has 2 aromatic rings. The zero-order valence-electron chi connectivity index (χ0n) is 12.8. The third-order valence-electron chi connectivity index (χ3n) is 3.33. The standard InChI is InChI=1S/C16H18N2O4/c1-4-11(16(20)22-3)18-15(19)13-9-14(21-2)10-7-5-6-8-12(10)17-13/h5-9,11H,4H2,1-3H3,(H,18,19). The average molecular weight is 302 g/mol. The lowest BCUT2D eigenvalue weighted by atomic mass is 10.1. The van der Waals surface area contributed by atoms with Gasteiger partial charge in [0.2, 0.25) is 0 Å². The van der Waals surface area contributed by atoms with Crippen LogP contribution in [0.15, 0.2) is 30.3 Å². The van der Waals surface area contributed by atoms with Gasteiger partial charge in [-0.1, -0.05) is 19.1 Å². The highest BCUT2D eigenvalue weighted by molar-refractivity contribution is 5.98. The first kappa shape index (κ1) is 15.8. The van der Waals surface area contributed by atoms with Crippen molar-refractivity contribution in [3.05, 3.63) is 36.0 Å². The number of amides is 1. The maximum Gasteiger partial charge on any atom is 0.328 e. The number of esters is 1. The fourth-order valence-electron chi connectivity index (χ4n) is 2.13. The van der Waals surface area contributed by atoms with Crippen molar-refractivity contribution in [1.82, 2.24) is 10.3 Å². The molecule has 1 aromatic carbocycles. The summed E-state index contributed by atoms with van der Waals surface area (Å²) in [6, 6.07) is 8.23. The maximum absolute atomic E-state index is 12.3. The molecule has 0 aliphatic rings. The second kappa shape index (κ2) is 6.89. The van der Waals surface area contributed by atoms with E-state index in [1.165, 1.54) is 14.2 Å². The van der Waals surface area contributed by atoms with Crippen molar-refractivity contribution in [2.45, 2.75) is 19.4 Å². The summed E-state index contributed by atoms with van der Waals surface area (Å²) in [4.78, 5) is 28.2. The van der Waals surface area contributed by atoms with Crippen molar-refractivity contribution < 1.29 is 19.1 Å². The van der Waals surface area contributed by atoms with Crippen LogP contribution in [-0.2, 0) is 9.53 Å². The molecule has 116 valence electrons. The first-order valence-corrected chi connectivity index (χ1v) is 6.93. The van der Waals surface area contributed by atoms with Crippen molar-refractivity contribution >= 4 is 22.8 Å². The summed E-state index contributed by atoms with van der Waals surface area (Å²) >= 11 is 0. The predicted octanol–water partition coefficient (Wildman–Crippen LogP) is 1.92. The van der Waals surface area contributed by atoms with Gasteiger partial charge < -0.3 is 14.8 Å². The lowest BCUT2D eigenvalue weighted by molar-refractivity contribution is -0.142. The number of carbonyl (C=O) groups excluding carboxylic acids is 2. The molecule has 22 heavy (non-hydrogen) atoms. The molecule has 1 aromatic heterocycles. The summed E-state index contributed by atoms with van der Waals surface area (Å²) < 4.78 is 9.96. The van der Waals surface area contributed by atoms with Crippen LogP contribution in [-0.4, -0.2) is 37.1 Å². The van der Waals surface area contributed by atoms with Gasteiger partial charge in [0.1, 0.15) is 17.5 Å². The molecule has 0 saturated heterocycles. The number of nitrogens with one attached hydrogen (secondary N) is 1. The summed E-state index contributed by atoms with van der Waals surface area (Å²) in [5.74, 6) is -0.369. The Morgan fingerprint density at radius 2 is 2.00 bits per heavy atom. The van der Waals surface area contributed by atoms with Crippen LogP contribution >= 0.6 is 0 Å². The van der Waals surface area contributed by atoms with E-state index in [2.05, 4.69) is 15.0 Å². The molecule has 0 saturated carbocycles. The molecule has 0 radical (unpaired) electrons. The van der Waals surface area contributed by atoms with Gasteiger partial charge in [-0.3, -0.25) is 4.79 Å². The smallest absolute Gasteiger partial charge is 0.328 e. The highest BCUT2D eigenvalue weighted by atomic mass is 16.5. The minimum Gasteiger partial charge on any atom is -0.496 e. The van der Waals surface area contributed by atoms with Gasteiger partial charge >= 0.3 is 5.97 Å². The second-order valence-electron chi connectivity index (χ2n) is 4.68. The van der Waals surface area contributed by atoms with Crippen LogP contribution in [0.1, 0.15) is 23.8 Å². The van der Waals surface area contributed by atoms with E-state index >= 15 is 0 Å². The molecule has 1 atom stereocenters. The van der Waals surface area contributed by atoms with Gasteiger partial charge in [-0.05, 0) is 18.6 Å². The molecular weight excluding hydrogens is 284 g/mol. The van der Waals surface area contributed by atoms with Crippen LogP contribution in [0.3, 0.4) is 0 Å².